The van der Waals surface area contributed by atoms with Crippen LogP contribution in [0, 0.1) is 0 Å². The number of rotatable bonds is 3. The second-order valence-corrected chi connectivity index (χ2v) is 5.42. The standard InChI is InChI=1S/C16H19F3/c1-3-15(11-12(2)16(17,18)19)10-6-8-13-7-4-5-9-14(13)15/h4-5,7,9H,2-3,6,8,10-11H2,1H3. The lowest BCUT2D eigenvalue weighted by Crippen LogP contribution is -2.33. The van der Waals surface area contributed by atoms with Crippen molar-refractivity contribution in [2.75, 3.05) is 0 Å². The summed E-state index contributed by atoms with van der Waals surface area (Å²) in [5.41, 5.74) is 1.30. The zero-order valence-corrected chi connectivity index (χ0v) is 11.2. The zero-order valence-electron chi connectivity index (χ0n) is 11.2. The number of hydrogen-bond donors (Lipinski definition) is 0. The van der Waals surface area contributed by atoms with Crippen molar-refractivity contribution < 1.29 is 13.2 Å². The Bertz CT molecular complexity index is 473. The second-order valence-electron chi connectivity index (χ2n) is 5.42. The number of allylic oxidation sites excluding steroid dienone is 1. The third-order valence-corrected chi connectivity index (χ3v) is 4.32. The van der Waals surface area contributed by atoms with E-state index in [0.717, 1.165) is 31.2 Å². The first kappa shape index (κ1) is 14.2. The van der Waals surface area contributed by atoms with E-state index in [9.17, 15) is 13.2 Å². The number of halogens is 3. The Morgan fingerprint density at radius 3 is 2.63 bits per heavy atom. The van der Waals surface area contributed by atoms with Gasteiger partial charge in [-0.25, -0.2) is 0 Å². The van der Waals surface area contributed by atoms with Crippen molar-refractivity contribution in [3.8, 4) is 0 Å². The summed E-state index contributed by atoms with van der Waals surface area (Å²) in [4.78, 5) is 0. The molecule has 1 aliphatic carbocycles. The molecule has 0 radical (unpaired) electrons. The lowest BCUT2D eigenvalue weighted by Gasteiger charge is -2.39. The molecule has 0 aliphatic heterocycles. The molecule has 19 heavy (non-hydrogen) atoms. The van der Waals surface area contributed by atoms with Gasteiger partial charge in [0, 0.05) is 5.57 Å². The number of aryl methyl sites for hydroxylation is 1. The highest BCUT2D eigenvalue weighted by molar-refractivity contribution is 5.38. The van der Waals surface area contributed by atoms with Gasteiger partial charge in [-0.2, -0.15) is 13.2 Å². The van der Waals surface area contributed by atoms with Gasteiger partial charge < -0.3 is 0 Å². The molecule has 1 aliphatic rings. The molecular formula is C16H19F3. The smallest absolute Gasteiger partial charge is 0.167 e. The first-order valence-corrected chi connectivity index (χ1v) is 6.72. The van der Waals surface area contributed by atoms with E-state index in [-0.39, 0.29) is 11.8 Å². The van der Waals surface area contributed by atoms with Crippen molar-refractivity contribution in [1.29, 1.82) is 0 Å². The van der Waals surface area contributed by atoms with Gasteiger partial charge in [-0.15, -0.1) is 0 Å². The van der Waals surface area contributed by atoms with Crippen molar-refractivity contribution in [2.24, 2.45) is 0 Å². The SMILES string of the molecule is C=C(CC1(CC)CCCc2ccccc21)C(F)(F)F. The molecule has 1 atom stereocenters. The van der Waals surface area contributed by atoms with Gasteiger partial charge in [-0.3, -0.25) is 0 Å². The van der Waals surface area contributed by atoms with Crippen molar-refractivity contribution in [2.45, 2.75) is 50.6 Å². The van der Waals surface area contributed by atoms with Crippen LogP contribution in [0.3, 0.4) is 0 Å². The Balaban J connectivity index is 2.37. The Hall–Kier alpha value is -1.25. The van der Waals surface area contributed by atoms with E-state index >= 15 is 0 Å². The third-order valence-electron chi connectivity index (χ3n) is 4.32. The van der Waals surface area contributed by atoms with Crippen LogP contribution in [0.5, 0.6) is 0 Å². The summed E-state index contributed by atoms with van der Waals surface area (Å²) in [7, 11) is 0. The van der Waals surface area contributed by atoms with Crippen LogP contribution in [0.15, 0.2) is 36.4 Å². The lowest BCUT2D eigenvalue weighted by molar-refractivity contribution is -0.0958. The van der Waals surface area contributed by atoms with Crippen LogP contribution in [-0.4, -0.2) is 6.18 Å². The molecule has 0 heterocycles. The highest BCUT2D eigenvalue weighted by Gasteiger charge is 2.41. The molecule has 3 heteroatoms. The Morgan fingerprint density at radius 2 is 2.00 bits per heavy atom. The maximum atomic E-state index is 12.8. The van der Waals surface area contributed by atoms with E-state index in [4.69, 9.17) is 0 Å². The minimum atomic E-state index is -4.28. The van der Waals surface area contributed by atoms with Gasteiger partial charge >= 0.3 is 6.18 Å². The molecule has 0 spiro atoms. The average molecular weight is 268 g/mol. The maximum Gasteiger partial charge on any atom is 0.412 e. The van der Waals surface area contributed by atoms with Gasteiger partial charge in [0.25, 0.3) is 0 Å². The van der Waals surface area contributed by atoms with Gasteiger partial charge in [-0.05, 0) is 48.6 Å². The van der Waals surface area contributed by atoms with Crippen LogP contribution >= 0.6 is 0 Å². The minimum Gasteiger partial charge on any atom is -0.167 e. The first-order valence-electron chi connectivity index (χ1n) is 6.72. The molecule has 0 fully saturated rings. The molecule has 1 aromatic carbocycles. The highest BCUT2D eigenvalue weighted by Crippen LogP contribution is 2.46. The predicted molar refractivity (Wildman–Crippen MR) is 71.2 cm³/mol. The molecule has 0 bridgehead atoms. The number of fused-ring (bicyclic) bond motifs is 1. The van der Waals surface area contributed by atoms with Crippen LogP contribution in [0.2, 0.25) is 0 Å². The third kappa shape index (κ3) is 2.70. The Labute approximate surface area is 112 Å². The summed E-state index contributed by atoms with van der Waals surface area (Å²) in [6.07, 6.45) is -0.806. The highest BCUT2D eigenvalue weighted by atomic mass is 19.4. The van der Waals surface area contributed by atoms with Gasteiger partial charge in [-0.1, -0.05) is 37.8 Å². The number of hydrogen-bond acceptors (Lipinski definition) is 0. The van der Waals surface area contributed by atoms with E-state index in [1.54, 1.807) is 0 Å². The maximum absolute atomic E-state index is 12.8. The summed E-state index contributed by atoms with van der Waals surface area (Å²) >= 11 is 0. The van der Waals surface area contributed by atoms with Crippen molar-refractivity contribution in [3.05, 3.63) is 47.5 Å². The monoisotopic (exact) mass is 268 g/mol. The molecule has 0 saturated heterocycles. The molecule has 0 N–H and O–H groups in total. The van der Waals surface area contributed by atoms with Crippen LogP contribution in [0.25, 0.3) is 0 Å². The van der Waals surface area contributed by atoms with Gasteiger partial charge in [0.15, 0.2) is 0 Å². The van der Waals surface area contributed by atoms with Crippen molar-refractivity contribution in [3.63, 3.8) is 0 Å². The molecule has 0 aromatic heterocycles. The second kappa shape index (κ2) is 5.03. The van der Waals surface area contributed by atoms with Crippen LogP contribution < -0.4 is 0 Å². The Morgan fingerprint density at radius 1 is 1.32 bits per heavy atom. The first-order chi connectivity index (χ1) is 8.89. The molecule has 0 nitrogen and oxygen atoms in total. The van der Waals surface area contributed by atoms with Gasteiger partial charge in [0.1, 0.15) is 0 Å². The van der Waals surface area contributed by atoms with E-state index in [0.29, 0.717) is 0 Å². The summed E-state index contributed by atoms with van der Waals surface area (Å²) in [5, 5.41) is 0. The molecule has 104 valence electrons. The van der Waals surface area contributed by atoms with Crippen LogP contribution in [0.1, 0.15) is 43.7 Å². The Kier molecular flexibility index (Phi) is 3.75. The molecule has 2 rings (SSSR count). The van der Waals surface area contributed by atoms with Crippen molar-refractivity contribution in [1.82, 2.24) is 0 Å². The fraction of sp³-hybridized carbons (Fsp3) is 0.500. The fourth-order valence-corrected chi connectivity index (χ4v) is 3.19. The summed E-state index contributed by atoms with van der Waals surface area (Å²) in [6, 6.07) is 7.91. The molecular weight excluding hydrogens is 249 g/mol. The number of alkyl halides is 3. The van der Waals surface area contributed by atoms with E-state index in [1.165, 1.54) is 5.56 Å². The van der Waals surface area contributed by atoms with Crippen LogP contribution in [0.4, 0.5) is 13.2 Å². The molecule has 1 unspecified atom stereocenters. The topological polar surface area (TPSA) is 0 Å². The lowest BCUT2D eigenvalue weighted by atomic mass is 9.65. The summed E-state index contributed by atoms with van der Waals surface area (Å²) < 4.78 is 38.4. The normalized spacial score (nSPS) is 22.9. The van der Waals surface area contributed by atoms with Gasteiger partial charge in [0.05, 0.1) is 0 Å². The summed E-state index contributed by atoms with van der Waals surface area (Å²) in [5.74, 6) is 0. The molecule has 0 amide bonds. The largest absolute Gasteiger partial charge is 0.412 e. The minimum absolute atomic E-state index is 0.0179. The van der Waals surface area contributed by atoms with Crippen molar-refractivity contribution >= 4 is 0 Å². The van der Waals surface area contributed by atoms with E-state index < -0.39 is 11.7 Å². The average Bonchev–Trinajstić information content (AvgIpc) is 2.38. The van der Waals surface area contributed by atoms with E-state index in [2.05, 4.69) is 6.58 Å². The van der Waals surface area contributed by atoms with Gasteiger partial charge in [0.2, 0.25) is 0 Å². The molecule has 1 aromatic rings. The molecule has 0 saturated carbocycles. The predicted octanol–water partition coefficient (Wildman–Crippen LogP) is 5.18. The fourth-order valence-electron chi connectivity index (χ4n) is 3.19. The quantitative estimate of drug-likeness (QED) is 0.663. The summed E-state index contributed by atoms with van der Waals surface area (Å²) in [6.45, 7) is 5.24. The number of benzene rings is 1. The van der Waals surface area contributed by atoms with Crippen LogP contribution in [-0.2, 0) is 11.8 Å². The van der Waals surface area contributed by atoms with E-state index in [1.807, 2.05) is 31.2 Å². The zero-order chi connectivity index (χ0) is 14.1.